The number of aromatic carboxylic acids is 1. The van der Waals surface area contributed by atoms with Crippen molar-refractivity contribution in [3.63, 3.8) is 0 Å². The molecule has 0 radical (unpaired) electrons. The van der Waals surface area contributed by atoms with E-state index in [1.54, 1.807) is 6.20 Å². The second-order valence-electron chi connectivity index (χ2n) is 4.10. The van der Waals surface area contributed by atoms with E-state index in [2.05, 4.69) is 20.6 Å². The molecule has 100 valence electrons. The Labute approximate surface area is 110 Å². The average Bonchev–Trinajstić information content (AvgIpc) is 2.89. The topological polar surface area (TPSA) is 92.9 Å². The third kappa shape index (κ3) is 3.59. The van der Waals surface area contributed by atoms with Gasteiger partial charge in [-0.15, -0.1) is 5.10 Å². The van der Waals surface area contributed by atoms with Crippen LogP contribution in [0.5, 0.6) is 0 Å². The number of nitrogens with zero attached hydrogens (tertiary/aromatic N) is 4. The third-order valence-corrected chi connectivity index (χ3v) is 2.68. The Kier molecular flexibility index (Phi) is 4.19. The Morgan fingerprint density at radius 2 is 2.37 bits per heavy atom. The van der Waals surface area contributed by atoms with Gasteiger partial charge in [-0.1, -0.05) is 11.3 Å². The van der Waals surface area contributed by atoms with Gasteiger partial charge in [-0.2, -0.15) is 0 Å². The Balaban J connectivity index is 1.81. The lowest BCUT2D eigenvalue weighted by atomic mass is 10.2. The molecule has 2 heterocycles. The minimum atomic E-state index is -1.07. The number of carbonyl (C=O) groups is 1. The Hall–Kier alpha value is -2.28. The van der Waals surface area contributed by atoms with Crippen molar-refractivity contribution in [1.82, 2.24) is 25.3 Å². The van der Waals surface area contributed by atoms with E-state index < -0.39 is 5.97 Å². The first kappa shape index (κ1) is 13.2. The van der Waals surface area contributed by atoms with E-state index in [9.17, 15) is 4.79 Å². The van der Waals surface area contributed by atoms with E-state index in [1.165, 1.54) is 10.9 Å². The second kappa shape index (κ2) is 6.05. The first-order valence-electron chi connectivity index (χ1n) is 5.94. The maximum Gasteiger partial charge on any atom is 0.358 e. The molecule has 0 saturated heterocycles. The number of carboxylic acid groups (broad SMARTS) is 1. The van der Waals surface area contributed by atoms with Crippen molar-refractivity contribution < 1.29 is 9.90 Å². The summed E-state index contributed by atoms with van der Waals surface area (Å²) in [7, 11) is 0. The van der Waals surface area contributed by atoms with E-state index in [0.717, 1.165) is 5.69 Å². The maximum absolute atomic E-state index is 10.6. The van der Waals surface area contributed by atoms with Gasteiger partial charge >= 0.3 is 5.97 Å². The normalized spacial score (nSPS) is 12.3. The highest BCUT2D eigenvalue weighted by molar-refractivity contribution is 5.84. The minimum Gasteiger partial charge on any atom is -0.476 e. The molecule has 1 atom stereocenters. The largest absolute Gasteiger partial charge is 0.476 e. The molecule has 19 heavy (non-hydrogen) atoms. The summed E-state index contributed by atoms with van der Waals surface area (Å²) in [6.45, 7) is 3.23. The number of rotatable bonds is 6. The summed E-state index contributed by atoms with van der Waals surface area (Å²) in [6.07, 6.45) is 3.17. The third-order valence-electron chi connectivity index (χ3n) is 2.68. The van der Waals surface area contributed by atoms with Crippen molar-refractivity contribution >= 4 is 5.97 Å². The summed E-state index contributed by atoms with van der Waals surface area (Å²) < 4.78 is 1.50. The zero-order valence-electron chi connectivity index (χ0n) is 10.5. The summed E-state index contributed by atoms with van der Waals surface area (Å²) in [6, 6.07) is 5.90. The fourth-order valence-corrected chi connectivity index (χ4v) is 1.64. The van der Waals surface area contributed by atoms with Crippen LogP contribution in [-0.4, -0.2) is 37.6 Å². The molecular formula is C12H15N5O2. The summed E-state index contributed by atoms with van der Waals surface area (Å²) >= 11 is 0. The summed E-state index contributed by atoms with van der Waals surface area (Å²) in [4.78, 5) is 14.9. The molecule has 0 aliphatic heterocycles. The molecule has 0 spiro atoms. The monoisotopic (exact) mass is 261 g/mol. The van der Waals surface area contributed by atoms with Crippen LogP contribution in [0.25, 0.3) is 0 Å². The molecule has 0 fully saturated rings. The van der Waals surface area contributed by atoms with E-state index >= 15 is 0 Å². The van der Waals surface area contributed by atoms with E-state index in [4.69, 9.17) is 5.11 Å². The Morgan fingerprint density at radius 3 is 3.00 bits per heavy atom. The van der Waals surface area contributed by atoms with Crippen molar-refractivity contribution in [2.75, 3.05) is 6.54 Å². The van der Waals surface area contributed by atoms with Gasteiger partial charge in [-0.25, -0.2) is 4.79 Å². The number of hydrogen-bond donors (Lipinski definition) is 2. The van der Waals surface area contributed by atoms with Gasteiger partial charge in [0.25, 0.3) is 0 Å². The number of pyridine rings is 1. The Morgan fingerprint density at radius 1 is 1.53 bits per heavy atom. The maximum atomic E-state index is 10.6. The highest BCUT2D eigenvalue weighted by Crippen LogP contribution is 2.07. The van der Waals surface area contributed by atoms with Crippen LogP contribution in [-0.2, 0) is 6.54 Å². The standard InChI is InChI=1S/C12H15N5O2/c1-9(10-4-2-3-5-14-10)13-6-7-17-8-11(12(18)19)15-16-17/h2-5,8-9,13H,6-7H2,1H3,(H,18,19)/t9-/m1/s1. The zero-order valence-corrected chi connectivity index (χ0v) is 10.5. The van der Waals surface area contributed by atoms with Crippen LogP contribution in [0.3, 0.4) is 0 Å². The van der Waals surface area contributed by atoms with Crippen LogP contribution in [0.4, 0.5) is 0 Å². The summed E-state index contributed by atoms with van der Waals surface area (Å²) in [5, 5.41) is 19.3. The predicted molar refractivity (Wildman–Crippen MR) is 67.6 cm³/mol. The van der Waals surface area contributed by atoms with Crippen LogP contribution >= 0.6 is 0 Å². The molecule has 7 heteroatoms. The molecule has 2 N–H and O–H groups in total. The van der Waals surface area contributed by atoms with Crippen molar-refractivity contribution in [1.29, 1.82) is 0 Å². The van der Waals surface area contributed by atoms with Crippen LogP contribution in [0.15, 0.2) is 30.6 Å². The van der Waals surface area contributed by atoms with Gasteiger partial charge in [0.15, 0.2) is 5.69 Å². The van der Waals surface area contributed by atoms with Crippen molar-refractivity contribution in [2.24, 2.45) is 0 Å². The lowest BCUT2D eigenvalue weighted by molar-refractivity contribution is 0.0690. The smallest absolute Gasteiger partial charge is 0.358 e. The fourth-order valence-electron chi connectivity index (χ4n) is 1.64. The molecule has 0 aliphatic rings. The molecule has 0 bridgehead atoms. The second-order valence-corrected chi connectivity index (χ2v) is 4.10. The van der Waals surface area contributed by atoms with E-state index in [1.807, 2.05) is 25.1 Å². The molecule has 2 rings (SSSR count). The zero-order chi connectivity index (χ0) is 13.7. The highest BCUT2D eigenvalue weighted by atomic mass is 16.4. The van der Waals surface area contributed by atoms with Gasteiger partial charge in [0.1, 0.15) is 0 Å². The van der Waals surface area contributed by atoms with Crippen molar-refractivity contribution in [3.05, 3.63) is 42.0 Å². The predicted octanol–water partition coefficient (Wildman–Crippen LogP) is 0.722. The van der Waals surface area contributed by atoms with Gasteiger partial charge in [-0.05, 0) is 19.1 Å². The molecule has 7 nitrogen and oxygen atoms in total. The van der Waals surface area contributed by atoms with Crippen LogP contribution in [0.2, 0.25) is 0 Å². The van der Waals surface area contributed by atoms with Gasteiger partial charge in [0.2, 0.25) is 0 Å². The van der Waals surface area contributed by atoms with Gasteiger partial charge in [0, 0.05) is 18.8 Å². The van der Waals surface area contributed by atoms with Crippen LogP contribution in [0, 0.1) is 0 Å². The Bertz CT molecular complexity index is 540. The number of nitrogens with one attached hydrogen (secondary N) is 1. The number of hydrogen-bond acceptors (Lipinski definition) is 5. The van der Waals surface area contributed by atoms with Gasteiger partial charge in [0.05, 0.1) is 18.4 Å². The molecular weight excluding hydrogens is 246 g/mol. The first-order chi connectivity index (χ1) is 9.16. The van der Waals surface area contributed by atoms with Crippen molar-refractivity contribution in [2.45, 2.75) is 19.5 Å². The van der Waals surface area contributed by atoms with Crippen LogP contribution in [0.1, 0.15) is 29.1 Å². The lowest BCUT2D eigenvalue weighted by Gasteiger charge is -2.12. The number of carboxylic acids is 1. The molecule has 0 amide bonds. The minimum absolute atomic E-state index is 0.0437. The van der Waals surface area contributed by atoms with Crippen molar-refractivity contribution in [3.8, 4) is 0 Å². The van der Waals surface area contributed by atoms with E-state index in [0.29, 0.717) is 13.1 Å². The number of aromatic nitrogens is 4. The fraction of sp³-hybridized carbons (Fsp3) is 0.333. The van der Waals surface area contributed by atoms with Crippen LogP contribution < -0.4 is 5.32 Å². The summed E-state index contributed by atoms with van der Waals surface area (Å²) in [5.74, 6) is -1.07. The first-order valence-corrected chi connectivity index (χ1v) is 5.94. The summed E-state index contributed by atoms with van der Waals surface area (Å²) in [5.41, 5.74) is 0.921. The highest BCUT2D eigenvalue weighted by Gasteiger charge is 2.08. The van der Waals surface area contributed by atoms with Gasteiger partial charge in [-0.3, -0.25) is 9.67 Å². The SMILES string of the molecule is C[C@@H](NCCn1cc(C(=O)O)nn1)c1ccccn1. The molecule has 2 aromatic heterocycles. The molecule has 0 saturated carbocycles. The van der Waals surface area contributed by atoms with Gasteiger partial charge < -0.3 is 10.4 Å². The average molecular weight is 261 g/mol. The molecule has 0 aromatic carbocycles. The van der Waals surface area contributed by atoms with E-state index in [-0.39, 0.29) is 11.7 Å². The quantitative estimate of drug-likeness (QED) is 0.796. The lowest BCUT2D eigenvalue weighted by Crippen LogP contribution is -2.24. The molecule has 0 unspecified atom stereocenters. The molecule has 0 aliphatic carbocycles. The molecule has 2 aromatic rings.